The van der Waals surface area contributed by atoms with Crippen LogP contribution in [0.15, 0.2) is 0 Å². The Morgan fingerprint density at radius 3 is 2.05 bits per heavy atom. The molecule has 2 fully saturated rings. The molecule has 0 aliphatic heterocycles. The van der Waals surface area contributed by atoms with Gasteiger partial charge in [0.05, 0.1) is 5.92 Å². The summed E-state index contributed by atoms with van der Waals surface area (Å²) in [5.74, 6) is 0.309. The molecule has 2 rings (SSSR count). The summed E-state index contributed by atoms with van der Waals surface area (Å²) in [6, 6.07) is 0.499. The van der Waals surface area contributed by atoms with Gasteiger partial charge in [0.1, 0.15) is 0 Å². The summed E-state index contributed by atoms with van der Waals surface area (Å²) in [6.45, 7) is 4.51. The molecular formula is C15H26F3N. The maximum atomic E-state index is 12.8. The average molecular weight is 277 g/mol. The van der Waals surface area contributed by atoms with Gasteiger partial charge in [-0.2, -0.15) is 13.2 Å². The van der Waals surface area contributed by atoms with Gasteiger partial charge in [0.2, 0.25) is 0 Å². The van der Waals surface area contributed by atoms with Crippen LogP contribution in [0, 0.1) is 17.8 Å². The lowest BCUT2D eigenvalue weighted by Crippen LogP contribution is -2.46. The van der Waals surface area contributed by atoms with Crippen molar-refractivity contribution in [2.24, 2.45) is 17.8 Å². The standard InChI is InChI=1S/C15H26F3N/c1-10-6-11(2)8-14(7-10)19-13-5-3-4-12(9-13)15(16,17)18/h10-14,19H,3-9H2,1-2H3. The monoisotopic (exact) mass is 277 g/mol. The first-order valence-electron chi connectivity index (χ1n) is 7.67. The average Bonchev–Trinajstić information content (AvgIpc) is 2.26. The summed E-state index contributed by atoms with van der Waals surface area (Å²) in [6.07, 6.45) is 1.71. The summed E-state index contributed by atoms with van der Waals surface area (Å²) in [4.78, 5) is 0. The van der Waals surface area contributed by atoms with Crippen LogP contribution in [0.2, 0.25) is 0 Å². The molecule has 0 aromatic carbocycles. The Labute approximate surface area is 114 Å². The zero-order chi connectivity index (χ0) is 14.0. The van der Waals surface area contributed by atoms with Crippen LogP contribution in [0.25, 0.3) is 0 Å². The highest BCUT2D eigenvalue weighted by Crippen LogP contribution is 2.38. The zero-order valence-corrected chi connectivity index (χ0v) is 12.0. The lowest BCUT2D eigenvalue weighted by atomic mass is 9.79. The summed E-state index contributed by atoms with van der Waals surface area (Å²) in [5, 5.41) is 3.52. The number of rotatable bonds is 2. The minimum absolute atomic E-state index is 0.0721. The van der Waals surface area contributed by atoms with E-state index in [0.29, 0.717) is 30.7 Å². The predicted octanol–water partition coefficient (Wildman–Crippen LogP) is 4.52. The highest BCUT2D eigenvalue weighted by atomic mass is 19.4. The van der Waals surface area contributed by atoms with Crippen molar-refractivity contribution in [2.45, 2.75) is 77.1 Å². The first-order valence-corrected chi connectivity index (χ1v) is 7.67. The number of hydrogen-bond acceptors (Lipinski definition) is 1. The van der Waals surface area contributed by atoms with Crippen LogP contribution in [0.1, 0.15) is 58.8 Å². The Kier molecular flexibility index (Phi) is 4.80. The number of hydrogen-bond donors (Lipinski definition) is 1. The fraction of sp³-hybridized carbons (Fsp3) is 1.00. The predicted molar refractivity (Wildman–Crippen MR) is 70.9 cm³/mol. The van der Waals surface area contributed by atoms with Gasteiger partial charge in [-0.15, -0.1) is 0 Å². The Bertz CT molecular complexity index is 280. The van der Waals surface area contributed by atoms with E-state index in [1.807, 2.05) is 0 Å². The summed E-state index contributed by atoms with van der Waals surface area (Å²) in [7, 11) is 0. The van der Waals surface area contributed by atoms with E-state index < -0.39 is 12.1 Å². The minimum atomic E-state index is -4.01. The molecule has 0 heterocycles. The van der Waals surface area contributed by atoms with Crippen molar-refractivity contribution < 1.29 is 13.2 Å². The van der Waals surface area contributed by atoms with E-state index in [1.54, 1.807) is 0 Å². The third kappa shape index (κ3) is 4.37. The van der Waals surface area contributed by atoms with E-state index in [2.05, 4.69) is 19.2 Å². The Morgan fingerprint density at radius 1 is 0.842 bits per heavy atom. The molecule has 4 heteroatoms. The number of halogens is 3. The second kappa shape index (κ2) is 6.02. The van der Waals surface area contributed by atoms with E-state index in [0.717, 1.165) is 19.3 Å². The van der Waals surface area contributed by atoms with Crippen molar-refractivity contribution in [1.29, 1.82) is 0 Å². The molecule has 0 radical (unpaired) electrons. The molecule has 2 saturated carbocycles. The first-order chi connectivity index (χ1) is 8.84. The quantitative estimate of drug-likeness (QED) is 0.782. The van der Waals surface area contributed by atoms with Gasteiger partial charge in [0, 0.05) is 12.1 Å². The molecular weight excluding hydrogens is 251 g/mol. The molecule has 0 amide bonds. The van der Waals surface area contributed by atoms with E-state index in [9.17, 15) is 13.2 Å². The van der Waals surface area contributed by atoms with Crippen LogP contribution >= 0.6 is 0 Å². The maximum absolute atomic E-state index is 12.8. The Balaban J connectivity index is 1.85. The highest BCUT2D eigenvalue weighted by Gasteiger charge is 2.42. The molecule has 0 spiro atoms. The van der Waals surface area contributed by atoms with E-state index in [4.69, 9.17) is 0 Å². The summed E-state index contributed by atoms with van der Waals surface area (Å²) in [5.41, 5.74) is 0. The van der Waals surface area contributed by atoms with E-state index in [-0.39, 0.29) is 12.5 Å². The normalized spacial score (nSPS) is 41.2. The molecule has 1 N–H and O–H groups in total. The van der Waals surface area contributed by atoms with E-state index in [1.165, 1.54) is 6.42 Å². The summed E-state index contributed by atoms with van der Waals surface area (Å²) < 4.78 is 38.4. The SMILES string of the molecule is CC1CC(C)CC(NC2CCCC(C(F)(F)F)C2)C1. The van der Waals surface area contributed by atoms with Crippen LogP contribution in [0.4, 0.5) is 13.2 Å². The third-order valence-corrected chi connectivity index (χ3v) is 4.79. The van der Waals surface area contributed by atoms with Crippen LogP contribution in [-0.4, -0.2) is 18.3 Å². The molecule has 4 unspecified atom stereocenters. The fourth-order valence-corrected chi connectivity index (χ4v) is 4.05. The maximum Gasteiger partial charge on any atom is 0.391 e. The second-order valence-corrected chi connectivity index (χ2v) is 6.88. The molecule has 4 atom stereocenters. The van der Waals surface area contributed by atoms with Crippen molar-refractivity contribution in [3.8, 4) is 0 Å². The minimum Gasteiger partial charge on any atom is -0.311 e. The van der Waals surface area contributed by atoms with Crippen LogP contribution in [0.5, 0.6) is 0 Å². The Morgan fingerprint density at radius 2 is 1.47 bits per heavy atom. The van der Waals surface area contributed by atoms with Crippen LogP contribution < -0.4 is 5.32 Å². The Hall–Kier alpha value is -0.250. The third-order valence-electron chi connectivity index (χ3n) is 4.79. The number of nitrogens with one attached hydrogen (secondary N) is 1. The lowest BCUT2D eigenvalue weighted by molar-refractivity contribution is -0.184. The summed E-state index contributed by atoms with van der Waals surface area (Å²) >= 11 is 0. The van der Waals surface area contributed by atoms with Crippen molar-refractivity contribution in [2.75, 3.05) is 0 Å². The molecule has 0 aromatic rings. The lowest BCUT2D eigenvalue weighted by Gasteiger charge is -2.38. The van der Waals surface area contributed by atoms with Crippen molar-refractivity contribution in [3.05, 3.63) is 0 Å². The van der Waals surface area contributed by atoms with Crippen LogP contribution in [0.3, 0.4) is 0 Å². The van der Waals surface area contributed by atoms with Crippen LogP contribution in [-0.2, 0) is 0 Å². The molecule has 0 saturated heterocycles. The van der Waals surface area contributed by atoms with Crippen molar-refractivity contribution >= 4 is 0 Å². The van der Waals surface area contributed by atoms with Gasteiger partial charge >= 0.3 is 6.18 Å². The first kappa shape index (κ1) is 15.1. The fourth-order valence-electron chi connectivity index (χ4n) is 4.05. The zero-order valence-electron chi connectivity index (χ0n) is 12.0. The van der Waals surface area contributed by atoms with Gasteiger partial charge < -0.3 is 5.32 Å². The smallest absolute Gasteiger partial charge is 0.311 e. The molecule has 0 aromatic heterocycles. The largest absolute Gasteiger partial charge is 0.391 e. The van der Waals surface area contributed by atoms with Gasteiger partial charge in [-0.1, -0.05) is 20.3 Å². The number of alkyl halides is 3. The molecule has 0 bridgehead atoms. The van der Waals surface area contributed by atoms with Gasteiger partial charge in [0.15, 0.2) is 0 Å². The van der Waals surface area contributed by atoms with Crippen molar-refractivity contribution in [3.63, 3.8) is 0 Å². The van der Waals surface area contributed by atoms with E-state index >= 15 is 0 Å². The highest BCUT2D eigenvalue weighted by molar-refractivity contribution is 4.87. The molecule has 112 valence electrons. The molecule has 1 nitrogen and oxygen atoms in total. The van der Waals surface area contributed by atoms with Gasteiger partial charge in [-0.3, -0.25) is 0 Å². The molecule has 2 aliphatic rings. The van der Waals surface area contributed by atoms with Gasteiger partial charge in [0.25, 0.3) is 0 Å². The van der Waals surface area contributed by atoms with Gasteiger partial charge in [-0.25, -0.2) is 0 Å². The molecule has 2 aliphatic carbocycles. The molecule has 19 heavy (non-hydrogen) atoms. The van der Waals surface area contributed by atoms with Crippen molar-refractivity contribution in [1.82, 2.24) is 5.32 Å². The second-order valence-electron chi connectivity index (χ2n) is 6.88. The topological polar surface area (TPSA) is 12.0 Å². The van der Waals surface area contributed by atoms with Gasteiger partial charge in [-0.05, 0) is 50.4 Å².